The van der Waals surface area contributed by atoms with E-state index in [9.17, 15) is 0 Å². The van der Waals surface area contributed by atoms with Gasteiger partial charge in [-0.25, -0.2) is 0 Å². The lowest BCUT2D eigenvalue weighted by Gasteiger charge is -1.92. The Morgan fingerprint density at radius 3 is 3.31 bits per heavy atom. The smallest absolute Gasteiger partial charge is 0.108 e. The predicted molar refractivity (Wildman–Crippen MR) is 61.6 cm³/mol. The predicted octanol–water partition coefficient (Wildman–Crippen LogP) is 2.67. The van der Waals surface area contributed by atoms with Crippen LogP contribution < -0.4 is 0 Å². The van der Waals surface area contributed by atoms with Crippen LogP contribution in [0.4, 0.5) is 0 Å². The fraction of sp³-hybridized carbons (Fsp3) is 0.200. The van der Waals surface area contributed by atoms with E-state index in [1.54, 1.807) is 12.4 Å². The standard InChI is InChI=1S/C10H10N6/c11-16-13-4-2-1-3-8-5-9-10(12-6-8)7-14-15-9/h1,3,5-7H,2,4H2,(H,14,15). The molecule has 0 saturated carbocycles. The topological polar surface area (TPSA) is 90.3 Å². The molecule has 2 aromatic rings. The van der Waals surface area contributed by atoms with Crippen molar-refractivity contribution in [3.05, 3.63) is 40.5 Å². The fourth-order valence-corrected chi connectivity index (χ4v) is 1.33. The van der Waals surface area contributed by atoms with E-state index in [1.807, 2.05) is 18.2 Å². The van der Waals surface area contributed by atoms with Gasteiger partial charge >= 0.3 is 0 Å². The Hall–Kier alpha value is -2.33. The Morgan fingerprint density at radius 2 is 2.44 bits per heavy atom. The lowest BCUT2D eigenvalue weighted by atomic mass is 10.2. The van der Waals surface area contributed by atoms with Crippen molar-refractivity contribution < 1.29 is 0 Å². The van der Waals surface area contributed by atoms with Gasteiger partial charge in [-0.2, -0.15) is 5.10 Å². The minimum Gasteiger partial charge on any atom is -0.276 e. The normalized spacial score (nSPS) is 10.8. The quantitative estimate of drug-likeness (QED) is 0.367. The molecule has 0 saturated heterocycles. The van der Waals surface area contributed by atoms with Crippen LogP contribution in [0.2, 0.25) is 0 Å². The number of azide groups is 1. The number of nitrogens with zero attached hydrogens (tertiary/aromatic N) is 5. The minimum absolute atomic E-state index is 0.479. The summed E-state index contributed by atoms with van der Waals surface area (Å²) in [7, 11) is 0. The molecule has 80 valence electrons. The molecule has 2 aromatic heterocycles. The second-order valence-corrected chi connectivity index (χ2v) is 3.22. The molecule has 0 atom stereocenters. The monoisotopic (exact) mass is 214 g/mol. The van der Waals surface area contributed by atoms with Crippen LogP contribution in [0, 0.1) is 0 Å². The van der Waals surface area contributed by atoms with Crippen molar-refractivity contribution in [1.82, 2.24) is 15.2 Å². The molecule has 0 bridgehead atoms. The van der Waals surface area contributed by atoms with Crippen LogP contribution >= 0.6 is 0 Å². The lowest BCUT2D eigenvalue weighted by molar-refractivity contribution is 0.995. The van der Waals surface area contributed by atoms with Crippen LogP contribution in [0.1, 0.15) is 12.0 Å². The summed E-state index contributed by atoms with van der Waals surface area (Å²) < 4.78 is 0. The van der Waals surface area contributed by atoms with Gasteiger partial charge in [-0.05, 0) is 23.6 Å². The van der Waals surface area contributed by atoms with Crippen LogP contribution in [0.5, 0.6) is 0 Å². The Kier molecular flexibility index (Phi) is 3.15. The molecule has 0 aliphatic carbocycles. The van der Waals surface area contributed by atoms with Crippen molar-refractivity contribution in [2.45, 2.75) is 6.42 Å². The van der Waals surface area contributed by atoms with Crippen LogP contribution in [-0.4, -0.2) is 21.7 Å². The van der Waals surface area contributed by atoms with Crippen LogP contribution in [0.15, 0.2) is 29.7 Å². The van der Waals surface area contributed by atoms with Crippen molar-refractivity contribution in [2.75, 3.05) is 6.54 Å². The maximum absolute atomic E-state index is 8.09. The zero-order valence-electron chi connectivity index (χ0n) is 8.54. The Morgan fingerprint density at radius 1 is 1.50 bits per heavy atom. The van der Waals surface area contributed by atoms with Gasteiger partial charge in [-0.3, -0.25) is 10.1 Å². The first kappa shape index (κ1) is 10.2. The van der Waals surface area contributed by atoms with E-state index in [-0.39, 0.29) is 0 Å². The largest absolute Gasteiger partial charge is 0.276 e. The fourth-order valence-electron chi connectivity index (χ4n) is 1.33. The highest BCUT2D eigenvalue weighted by atomic mass is 15.1. The number of hydrogen-bond acceptors (Lipinski definition) is 3. The molecule has 0 amide bonds. The zero-order chi connectivity index (χ0) is 11.2. The Labute approximate surface area is 91.6 Å². The van der Waals surface area contributed by atoms with Gasteiger partial charge in [0.15, 0.2) is 0 Å². The maximum Gasteiger partial charge on any atom is 0.108 e. The maximum atomic E-state index is 8.09. The highest BCUT2D eigenvalue weighted by Gasteiger charge is 1.96. The summed E-state index contributed by atoms with van der Waals surface area (Å²) in [5.74, 6) is 0. The summed E-state index contributed by atoms with van der Waals surface area (Å²) in [6, 6.07) is 1.97. The van der Waals surface area contributed by atoms with Crippen molar-refractivity contribution in [3.8, 4) is 0 Å². The summed E-state index contributed by atoms with van der Waals surface area (Å²) in [5.41, 5.74) is 10.9. The number of pyridine rings is 1. The van der Waals surface area contributed by atoms with E-state index in [0.717, 1.165) is 23.0 Å². The molecule has 1 N–H and O–H groups in total. The number of nitrogens with one attached hydrogen (secondary N) is 1. The van der Waals surface area contributed by atoms with Crippen LogP contribution in [0.3, 0.4) is 0 Å². The van der Waals surface area contributed by atoms with E-state index >= 15 is 0 Å². The van der Waals surface area contributed by atoms with E-state index < -0.39 is 0 Å². The van der Waals surface area contributed by atoms with E-state index in [4.69, 9.17) is 5.53 Å². The SMILES string of the molecule is [N-]=[N+]=NCCC=Cc1cnc2cn[nH]c2c1. The molecule has 6 nitrogen and oxygen atoms in total. The van der Waals surface area contributed by atoms with Gasteiger partial charge in [0.1, 0.15) is 5.52 Å². The van der Waals surface area contributed by atoms with Crippen molar-refractivity contribution in [1.29, 1.82) is 0 Å². The van der Waals surface area contributed by atoms with Gasteiger partial charge in [0, 0.05) is 17.7 Å². The molecular weight excluding hydrogens is 204 g/mol. The highest BCUT2D eigenvalue weighted by molar-refractivity contribution is 5.75. The number of rotatable bonds is 4. The van der Waals surface area contributed by atoms with E-state index in [2.05, 4.69) is 25.2 Å². The van der Waals surface area contributed by atoms with Gasteiger partial charge in [0.2, 0.25) is 0 Å². The molecule has 0 aliphatic rings. The molecule has 16 heavy (non-hydrogen) atoms. The van der Waals surface area contributed by atoms with Crippen molar-refractivity contribution in [2.24, 2.45) is 5.11 Å². The molecule has 0 unspecified atom stereocenters. The number of H-pyrrole nitrogens is 1. The van der Waals surface area contributed by atoms with Gasteiger partial charge in [0.25, 0.3) is 0 Å². The van der Waals surface area contributed by atoms with Gasteiger partial charge in [0.05, 0.1) is 11.7 Å². The third-order valence-corrected chi connectivity index (χ3v) is 2.08. The Balaban J connectivity index is 2.05. The first-order valence-electron chi connectivity index (χ1n) is 4.86. The first-order valence-corrected chi connectivity index (χ1v) is 4.86. The number of fused-ring (bicyclic) bond motifs is 1. The van der Waals surface area contributed by atoms with Gasteiger partial charge in [-0.1, -0.05) is 17.3 Å². The molecule has 0 aliphatic heterocycles. The molecule has 2 rings (SSSR count). The van der Waals surface area contributed by atoms with Gasteiger partial charge in [-0.15, -0.1) is 0 Å². The molecule has 6 heteroatoms. The molecule has 0 aromatic carbocycles. The highest BCUT2D eigenvalue weighted by Crippen LogP contribution is 2.10. The van der Waals surface area contributed by atoms with E-state index in [0.29, 0.717) is 6.54 Å². The zero-order valence-corrected chi connectivity index (χ0v) is 8.54. The van der Waals surface area contributed by atoms with Crippen LogP contribution in [-0.2, 0) is 0 Å². The summed E-state index contributed by atoms with van der Waals surface area (Å²) in [5, 5.41) is 10.2. The van der Waals surface area contributed by atoms with Gasteiger partial charge < -0.3 is 0 Å². The number of aromatic nitrogens is 3. The second kappa shape index (κ2) is 4.95. The second-order valence-electron chi connectivity index (χ2n) is 3.22. The summed E-state index contributed by atoms with van der Waals surface area (Å²) >= 11 is 0. The Bertz CT molecular complexity index is 549. The van der Waals surface area contributed by atoms with Crippen LogP contribution in [0.25, 0.3) is 27.6 Å². The average molecular weight is 214 g/mol. The summed E-state index contributed by atoms with van der Waals surface area (Å²) in [6.45, 7) is 0.479. The molecule has 0 fully saturated rings. The number of hydrogen-bond donors (Lipinski definition) is 1. The lowest BCUT2D eigenvalue weighted by Crippen LogP contribution is -1.79. The van der Waals surface area contributed by atoms with Crippen molar-refractivity contribution in [3.63, 3.8) is 0 Å². The average Bonchev–Trinajstić information content (AvgIpc) is 2.76. The number of aromatic amines is 1. The molecule has 2 heterocycles. The molecule has 0 spiro atoms. The third kappa shape index (κ3) is 2.37. The summed E-state index contributed by atoms with van der Waals surface area (Å²) in [6.07, 6.45) is 8.09. The minimum atomic E-state index is 0.479. The third-order valence-electron chi connectivity index (χ3n) is 2.08. The van der Waals surface area contributed by atoms with Crippen molar-refractivity contribution >= 4 is 17.1 Å². The summed E-state index contributed by atoms with van der Waals surface area (Å²) in [4.78, 5) is 6.91. The van der Waals surface area contributed by atoms with E-state index in [1.165, 1.54) is 0 Å². The molecule has 0 radical (unpaired) electrons. The first-order chi connectivity index (χ1) is 7.90. The molecular formula is C10H10N6.